The SMILES string of the molecule is C=S(CCCN(CC)CCCCCCC1=C(c2ccccc2)CCCc2cc(O)ccc21)CCCC(F)(F)C(C)(C)F. The third-order valence-electron chi connectivity index (χ3n) is 8.57. The monoisotopic (exact) mass is 603 g/mol. The first-order valence-electron chi connectivity index (χ1n) is 15.9. The molecule has 0 amide bonds. The number of phenolic OH excluding ortho intramolecular Hbond substituents is 1. The van der Waals surface area contributed by atoms with Crippen molar-refractivity contribution in [1.29, 1.82) is 0 Å². The highest BCUT2D eigenvalue weighted by Gasteiger charge is 2.46. The summed E-state index contributed by atoms with van der Waals surface area (Å²) < 4.78 is 41.3. The number of benzene rings is 2. The molecule has 0 aromatic heterocycles. The standard InChI is InChI=1S/C36H52F3NOS/c1-5-40(25-15-27-42(4)26-14-23-36(38,39)35(2,3)37)24-12-7-6-11-19-34-32(29-16-9-8-10-17-29)20-13-18-30-28-31(41)21-22-33(30)34/h8-10,16-17,21-22,28,41H,4-7,11-15,18-20,23-27H2,1-3H3. The van der Waals surface area contributed by atoms with Crippen LogP contribution in [0.25, 0.3) is 11.1 Å². The minimum atomic E-state index is -3.28. The zero-order chi connectivity index (χ0) is 30.6. The van der Waals surface area contributed by atoms with Crippen LogP contribution < -0.4 is 0 Å². The van der Waals surface area contributed by atoms with Crippen molar-refractivity contribution in [3.63, 3.8) is 0 Å². The van der Waals surface area contributed by atoms with Crippen molar-refractivity contribution >= 4 is 27.5 Å². The van der Waals surface area contributed by atoms with Crippen molar-refractivity contribution in [2.45, 2.75) is 103 Å². The van der Waals surface area contributed by atoms with Gasteiger partial charge in [-0.15, -0.1) is 0 Å². The van der Waals surface area contributed by atoms with Gasteiger partial charge in [-0.2, -0.15) is 10.5 Å². The second kappa shape index (κ2) is 16.7. The molecule has 1 aliphatic rings. The highest BCUT2D eigenvalue weighted by molar-refractivity contribution is 8.14. The molecule has 42 heavy (non-hydrogen) atoms. The normalized spacial score (nSPS) is 15.1. The van der Waals surface area contributed by atoms with Crippen molar-refractivity contribution in [3.8, 4) is 5.75 Å². The molecule has 0 spiro atoms. The molecule has 6 heteroatoms. The summed E-state index contributed by atoms with van der Waals surface area (Å²) in [5.41, 5.74) is 4.33. The van der Waals surface area contributed by atoms with Gasteiger partial charge in [-0.25, -0.2) is 13.2 Å². The number of nitrogens with zero attached hydrogens (tertiary/aromatic N) is 1. The molecule has 0 heterocycles. The smallest absolute Gasteiger partial charge is 0.280 e. The van der Waals surface area contributed by atoms with Crippen LogP contribution in [0, 0.1) is 0 Å². The number of hydrogen-bond acceptors (Lipinski definition) is 2. The minimum absolute atomic E-state index is 0.149. The Balaban J connectivity index is 1.41. The number of rotatable bonds is 18. The maximum Gasteiger partial charge on any atom is 0.280 e. The van der Waals surface area contributed by atoms with Gasteiger partial charge in [-0.05, 0) is 136 Å². The van der Waals surface area contributed by atoms with Gasteiger partial charge in [0.05, 0.1) is 0 Å². The van der Waals surface area contributed by atoms with Gasteiger partial charge in [0.15, 0.2) is 5.67 Å². The fourth-order valence-corrected chi connectivity index (χ4v) is 7.20. The van der Waals surface area contributed by atoms with Gasteiger partial charge >= 0.3 is 0 Å². The number of aryl methyl sites for hydroxylation is 1. The number of fused-ring (bicyclic) bond motifs is 1. The Kier molecular flexibility index (Phi) is 13.7. The maximum atomic E-state index is 13.8. The van der Waals surface area contributed by atoms with Crippen LogP contribution in [0.2, 0.25) is 0 Å². The van der Waals surface area contributed by atoms with Crippen LogP contribution in [0.5, 0.6) is 5.75 Å². The number of phenols is 1. The van der Waals surface area contributed by atoms with Gasteiger partial charge < -0.3 is 10.0 Å². The number of unbranched alkanes of at least 4 members (excludes halogenated alkanes) is 3. The predicted molar refractivity (Wildman–Crippen MR) is 178 cm³/mol. The van der Waals surface area contributed by atoms with Crippen molar-refractivity contribution in [1.82, 2.24) is 4.90 Å². The molecule has 0 bridgehead atoms. The lowest BCUT2D eigenvalue weighted by Gasteiger charge is -2.26. The fourth-order valence-electron chi connectivity index (χ4n) is 5.90. The average molecular weight is 604 g/mol. The maximum absolute atomic E-state index is 13.8. The summed E-state index contributed by atoms with van der Waals surface area (Å²) in [5, 5.41) is 10.1. The third kappa shape index (κ3) is 10.6. The van der Waals surface area contributed by atoms with Crippen LogP contribution in [-0.2, 0) is 6.42 Å². The number of hydrogen-bond donors (Lipinski definition) is 1. The van der Waals surface area contributed by atoms with Crippen LogP contribution in [0.1, 0.15) is 102 Å². The Morgan fingerprint density at radius 1 is 0.881 bits per heavy atom. The van der Waals surface area contributed by atoms with Crippen LogP contribution >= 0.6 is 10.5 Å². The second-order valence-electron chi connectivity index (χ2n) is 12.3. The number of aromatic hydroxyl groups is 1. The molecule has 3 rings (SSSR count). The van der Waals surface area contributed by atoms with Gasteiger partial charge in [0, 0.05) is 6.42 Å². The molecule has 0 radical (unpaired) electrons. The van der Waals surface area contributed by atoms with E-state index in [4.69, 9.17) is 0 Å². The average Bonchev–Trinajstić information content (AvgIpc) is 3.12. The lowest BCUT2D eigenvalue weighted by Crippen LogP contribution is -2.38. The summed E-state index contributed by atoms with van der Waals surface area (Å²) in [4.78, 5) is 2.49. The first-order valence-corrected chi connectivity index (χ1v) is 17.6. The third-order valence-corrected chi connectivity index (χ3v) is 10.3. The molecule has 2 nitrogen and oxygen atoms in total. The summed E-state index contributed by atoms with van der Waals surface area (Å²) in [7, 11) is -0.149. The van der Waals surface area contributed by atoms with Crippen LogP contribution in [0.4, 0.5) is 13.2 Å². The van der Waals surface area contributed by atoms with E-state index in [1.165, 1.54) is 47.1 Å². The highest BCUT2D eigenvalue weighted by atomic mass is 32.2. The quantitative estimate of drug-likeness (QED) is 0.135. The molecule has 2 aromatic rings. The van der Waals surface area contributed by atoms with Gasteiger partial charge in [0.25, 0.3) is 5.92 Å². The molecule has 2 aromatic carbocycles. The lowest BCUT2D eigenvalue weighted by atomic mass is 9.89. The van der Waals surface area contributed by atoms with E-state index >= 15 is 0 Å². The topological polar surface area (TPSA) is 23.5 Å². The molecule has 234 valence electrons. The summed E-state index contributed by atoms with van der Waals surface area (Å²) in [5.74, 6) is 2.84. The molecule has 1 N–H and O–H groups in total. The molecule has 1 unspecified atom stereocenters. The molecule has 0 saturated carbocycles. The molecule has 1 atom stereocenters. The first kappa shape index (κ1) is 34.4. The van der Waals surface area contributed by atoms with Crippen LogP contribution in [-0.4, -0.2) is 58.6 Å². The number of alkyl halides is 3. The largest absolute Gasteiger partial charge is 0.508 e. The summed E-state index contributed by atoms with van der Waals surface area (Å²) in [6, 6.07) is 16.7. The Morgan fingerprint density at radius 3 is 2.29 bits per heavy atom. The Morgan fingerprint density at radius 2 is 1.57 bits per heavy atom. The minimum Gasteiger partial charge on any atom is -0.508 e. The Hall–Kier alpha value is -2.05. The second-order valence-corrected chi connectivity index (χ2v) is 14.3. The van der Waals surface area contributed by atoms with Gasteiger partial charge in [-0.3, -0.25) is 0 Å². The summed E-state index contributed by atoms with van der Waals surface area (Å²) >= 11 is 0. The van der Waals surface area contributed by atoms with E-state index in [0.717, 1.165) is 77.8 Å². The molecule has 0 aliphatic heterocycles. The predicted octanol–water partition coefficient (Wildman–Crippen LogP) is 10.2. The van der Waals surface area contributed by atoms with E-state index in [-0.39, 0.29) is 10.5 Å². The first-order chi connectivity index (χ1) is 20.0. The van der Waals surface area contributed by atoms with Crippen molar-refractivity contribution in [3.05, 3.63) is 65.2 Å². The van der Waals surface area contributed by atoms with Gasteiger partial charge in [0.1, 0.15) is 5.75 Å². The van der Waals surface area contributed by atoms with E-state index in [1.54, 1.807) is 0 Å². The summed E-state index contributed by atoms with van der Waals surface area (Å²) in [6.45, 7) is 7.22. The molecular weight excluding hydrogens is 551 g/mol. The Bertz CT molecular complexity index is 1160. The van der Waals surface area contributed by atoms with E-state index in [2.05, 4.69) is 54.1 Å². The molecule has 0 saturated heterocycles. The van der Waals surface area contributed by atoms with Crippen LogP contribution in [0.15, 0.2) is 48.5 Å². The van der Waals surface area contributed by atoms with Gasteiger partial charge in [-0.1, -0.05) is 62.0 Å². The molecule has 1 aliphatic carbocycles. The highest BCUT2D eigenvalue weighted by Crippen LogP contribution is 2.40. The Labute approximate surface area is 255 Å². The lowest BCUT2D eigenvalue weighted by molar-refractivity contribution is -0.124. The number of halogens is 3. The van der Waals surface area contributed by atoms with E-state index in [9.17, 15) is 18.3 Å². The van der Waals surface area contributed by atoms with E-state index in [0.29, 0.717) is 17.9 Å². The summed E-state index contributed by atoms with van der Waals surface area (Å²) in [6.07, 6.45) is 9.88. The van der Waals surface area contributed by atoms with E-state index in [1.807, 2.05) is 12.1 Å². The van der Waals surface area contributed by atoms with E-state index < -0.39 is 18.0 Å². The van der Waals surface area contributed by atoms with Crippen LogP contribution in [0.3, 0.4) is 0 Å². The zero-order valence-corrected chi connectivity index (χ0v) is 26.9. The molecule has 0 fully saturated rings. The number of allylic oxidation sites excluding steroid dienone is 2. The van der Waals surface area contributed by atoms with Crippen molar-refractivity contribution in [2.75, 3.05) is 31.1 Å². The van der Waals surface area contributed by atoms with Gasteiger partial charge in [0.2, 0.25) is 0 Å². The van der Waals surface area contributed by atoms with Crippen molar-refractivity contribution in [2.24, 2.45) is 0 Å². The molecular formula is C36H52F3NOS. The fraction of sp³-hybridized carbons (Fsp3) is 0.583. The van der Waals surface area contributed by atoms with Crippen molar-refractivity contribution < 1.29 is 18.3 Å². The zero-order valence-electron chi connectivity index (χ0n) is 26.1.